The Bertz CT molecular complexity index is 1220. The number of rotatable bonds is 13. The van der Waals surface area contributed by atoms with E-state index in [0.29, 0.717) is 24.5 Å². The standard InChI is InChI=1S/C28H37FN4O3S/c29-22-6-4-5-20(19-22)12-16-33(17-13-25(35)31-23-7-2-1-3-8-23)18-15-30-14-11-21-9-10-24(34)26-27(21)37-28(36)32-26/h4-6,9-10,19,23,30,34H,1-3,7-8,11-18H2,(H,31,35)(H,32,36). The van der Waals surface area contributed by atoms with Crippen molar-refractivity contribution in [2.45, 2.75) is 57.4 Å². The van der Waals surface area contributed by atoms with Crippen LogP contribution in [0.5, 0.6) is 5.75 Å². The number of phenols is 1. The van der Waals surface area contributed by atoms with E-state index >= 15 is 0 Å². The second-order valence-corrected chi connectivity index (χ2v) is 10.8. The predicted octanol–water partition coefficient (Wildman–Crippen LogP) is 3.95. The number of carbonyl (C=O) groups is 1. The lowest BCUT2D eigenvalue weighted by Crippen LogP contribution is -2.40. The highest BCUT2D eigenvalue weighted by Gasteiger charge is 2.16. The number of H-pyrrole nitrogens is 1. The number of benzene rings is 2. The Morgan fingerprint density at radius 2 is 1.92 bits per heavy atom. The van der Waals surface area contributed by atoms with E-state index in [1.165, 1.54) is 25.3 Å². The molecule has 0 unspecified atom stereocenters. The smallest absolute Gasteiger partial charge is 0.305 e. The third-order valence-electron chi connectivity index (χ3n) is 7.05. The molecule has 7 nitrogen and oxygen atoms in total. The molecular weight excluding hydrogens is 491 g/mol. The van der Waals surface area contributed by atoms with E-state index < -0.39 is 0 Å². The molecule has 37 heavy (non-hydrogen) atoms. The topological polar surface area (TPSA) is 97.5 Å². The number of aromatic amines is 1. The highest BCUT2D eigenvalue weighted by molar-refractivity contribution is 7.16. The minimum absolute atomic E-state index is 0.0894. The molecule has 4 rings (SSSR count). The van der Waals surface area contributed by atoms with Crippen molar-refractivity contribution < 1.29 is 14.3 Å². The number of aromatic nitrogens is 1. The van der Waals surface area contributed by atoms with Crippen molar-refractivity contribution in [3.8, 4) is 5.75 Å². The molecule has 0 radical (unpaired) electrons. The summed E-state index contributed by atoms with van der Waals surface area (Å²) in [7, 11) is 0. The maximum absolute atomic E-state index is 13.6. The molecule has 200 valence electrons. The fraction of sp³-hybridized carbons (Fsp3) is 0.500. The zero-order valence-electron chi connectivity index (χ0n) is 21.2. The zero-order chi connectivity index (χ0) is 26.0. The van der Waals surface area contributed by atoms with Crippen LogP contribution in [0.25, 0.3) is 10.2 Å². The van der Waals surface area contributed by atoms with Gasteiger partial charge in [0, 0.05) is 38.6 Å². The van der Waals surface area contributed by atoms with Gasteiger partial charge in [0.15, 0.2) is 0 Å². The molecule has 1 aliphatic carbocycles. The summed E-state index contributed by atoms with van der Waals surface area (Å²) in [5, 5.41) is 16.6. The van der Waals surface area contributed by atoms with Gasteiger partial charge in [-0.05, 0) is 61.6 Å². The van der Waals surface area contributed by atoms with Crippen LogP contribution in [-0.2, 0) is 17.6 Å². The number of phenolic OH excluding ortho intramolecular Hbond substituents is 1. The number of fused-ring (bicyclic) bond motifs is 1. The summed E-state index contributed by atoms with van der Waals surface area (Å²) in [5.41, 5.74) is 2.47. The highest BCUT2D eigenvalue weighted by atomic mass is 32.1. The van der Waals surface area contributed by atoms with E-state index in [1.807, 2.05) is 12.1 Å². The van der Waals surface area contributed by atoms with Gasteiger partial charge in [-0.2, -0.15) is 0 Å². The number of hydrogen-bond donors (Lipinski definition) is 4. The van der Waals surface area contributed by atoms with Gasteiger partial charge in [-0.1, -0.05) is 48.8 Å². The van der Waals surface area contributed by atoms with Gasteiger partial charge in [-0.25, -0.2) is 4.39 Å². The molecule has 4 N–H and O–H groups in total. The van der Waals surface area contributed by atoms with Crippen molar-refractivity contribution in [3.05, 3.63) is 63.0 Å². The maximum Gasteiger partial charge on any atom is 0.305 e. The Morgan fingerprint density at radius 1 is 1.08 bits per heavy atom. The van der Waals surface area contributed by atoms with Crippen molar-refractivity contribution in [3.63, 3.8) is 0 Å². The van der Waals surface area contributed by atoms with Gasteiger partial charge in [0.05, 0.1) is 4.70 Å². The van der Waals surface area contributed by atoms with Crippen LogP contribution in [0.3, 0.4) is 0 Å². The Hall–Kier alpha value is -2.75. The van der Waals surface area contributed by atoms with Crippen molar-refractivity contribution >= 4 is 27.5 Å². The monoisotopic (exact) mass is 528 g/mol. The number of aromatic hydroxyl groups is 1. The molecular formula is C28H37FN4O3S. The number of nitrogens with one attached hydrogen (secondary N) is 3. The number of amides is 1. The van der Waals surface area contributed by atoms with E-state index in [0.717, 1.165) is 79.0 Å². The first-order valence-corrected chi connectivity index (χ1v) is 14.1. The van der Waals surface area contributed by atoms with Gasteiger partial charge in [0.1, 0.15) is 17.1 Å². The fourth-order valence-electron chi connectivity index (χ4n) is 4.98. The highest BCUT2D eigenvalue weighted by Crippen LogP contribution is 2.27. The lowest BCUT2D eigenvalue weighted by atomic mass is 9.95. The number of carbonyl (C=O) groups excluding carboxylic acids is 1. The van der Waals surface area contributed by atoms with Crippen LogP contribution in [0.1, 0.15) is 49.7 Å². The van der Waals surface area contributed by atoms with Gasteiger partial charge < -0.3 is 25.6 Å². The average molecular weight is 529 g/mol. The predicted molar refractivity (Wildman–Crippen MR) is 147 cm³/mol. The quantitative estimate of drug-likeness (QED) is 0.252. The summed E-state index contributed by atoms with van der Waals surface area (Å²) in [5.74, 6) is -0.0302. The lowest BCUT2D eigenvalue weighted by Gasteiger charge is -2.25. The maximum atomic E-state index is 13.6. The Kier molecular flexibility index (Phi) is 10.1. The van der Waals surface area contributed by atoms with E-state index in [1.54, 1.807) is 18.2 Å². The molecule has 0 atom stereocenters. The molecule has 0 bridgehead atoms. The molecule has 0 saturated heterocycles. The molecule has 1 fully saturated rings. The van der Waals surface area contributed by atoms with E-state index in [2.05, 4.69) is 20.5 Å². The summed E-state index contributed by atoms with van der Waals surface area (Å²) in [6.45, 7) is 3.65. The first-order chi connectivity index (χ1) is 18.0. The minimum Gasteiger partial charge on any atom is -0.506 e. The van der Waals surface area contributed by atoms with Crippen LogP contribution in [0.15, 0.2) is 41.2 Å². The van der Waals surface area contributed by atoms with Crippen molar-refractivity contribution in [2.75, 3.05) is 32.7 Å². The van der Waals surface area contributed by atoms with Crippen molar-refractivity contribution in [2.24, 2.45) is 0 Å². The van der Waals surface area contributed by atoms with Gasteiger partial charge in [0.2, 0.25) is 5.91 Å². The molecule has 1 heterocycles. The number of hydrogen-bond acceptors (Lipinski definition) is 6. The second-order valence-electron chi connectivity index (χ2n) is 9.84. The molecule has 1 amide bonds. The molecule has 2 aromatic carbocycles. The fourth-order valence-corrected chi connectivity index (χ4v) is 5.87. The lowest BCUT2D eigenvalue weighted by molar-refractivity contribution is -0.122. The van der Waals surface area contributed by atoms with Crippen LogP contribution < -0.4 is 15.5 Å². The van der Waals surface area contributed by atoms with Gasteiger partial charge in [-0.3, -0.25) is 9.59 Å². The second kappa shape index (κ2) is 13.7. The van der Waals surface area contributed by atoms with E-state index in [-0.39, 0.29) is 22.3 Å². The molecule has 0 aliphatic heterocycles. The van der Waals surface area contributed by atoms with Crippen LogP contribution in [0.2, 0.25) is 0 Å². The summed E-state index contributed by atoms with van der Waals surface area (Å²) in [4.78, 5) is 29.1. The minimum atomic E-state index is -0.228. The Balaban J connectivity index is 1.25. The number of nitrogens with zero attached hydrogens (tertiary/aromatic N) is 1. The van der Waals surface area contributed by atoms with Gasteiger partial charge in [-0.15, -0.1) is 0 Å². The van der Waals surface area contributed by atoms with Gasteiger partial charge >= 0.3 is 4.87 Å². The third-order valence-corrected chi connectivity index (χ3v) is 8.00. The van der Waals surface area contributed by atoms with Crippen LogP contribution in [0, 0.1) is 5.82 Å². The average Bonchev–Trinajstić information content (AvgIpc) is 3.29. The number of thiazole rings is 1. The largest absolute Gasteiger partial charge is 0.506 e. The molecule has 0 spiro atoms. The summed E-state index contributed by atoms with van der Waals surface area (Å²) in [6.07, 6.45) is 7.70. The Labute approximate surface area is 221 Å². The Morgan fingerprint density at radius 3 is 2.73 bits per heavy atom. The summed E-state index contributed by atoms with van der Waals surface area (Å²) in [6, 6.07) is 10.5. The molecule has 1 saturated carbocycles. The molecule has 9 heteroatoms. The zero-order valence-corrected chi connectivity index (χ0v) is 22.0. The molecule has 1 aliphatic rings. The molecule has 1 aromatic heterocycles. The van der Waals surface area contributed by atoms with E-state index in [9.17, 15) is 19.1 Å². The van der Waals surface area contributed by atoms with Gasteiger partial charge in [0.25, 0.3) is 0 Å². The van der Waals surface area contributed by atoms with Crippen LogP contribution in [-0.4, -0.2) is 59.7 Å². The molecule has 3 aromatic rings. The normalized spacial score (nSPS) is 14.4. The third kappa shape index (κ3) is 8.38. The summed E-state index contributed by atoms with van der Waals surface area (Å²) < 4.78 is 14.4. The number of halogens is 1. The first-order valence-electron chi connectivity index (χ1n) is 13.3. The SMILES string of the molecule is O=C(CCN(CCNCCc1ccc(O)c2[nH]c(=O)sc12)CCc1cccc(F)c1)NC1CCCCC1. The van der Waals surface area contributed by atoms with Crippen molar-refractivity contribution in [1.82, 2.24) is 20.5 Å². The van der Waals surface area contributed by atoms with E-state index in [4.69, 9.17) is 0 Å². The first kappa shape index (κ1) is 27.3. The van der Waals surface area contributed by atoms with Crippen LogP contribution in [0.4, 0.5) is 4.39 Å². The van der Waals surface area contributed by atoms with Crippen LogP contribution >= 0.6 is 11.3 Å². The van der Waals surface area contributed by atoms with Crippen molar-refractivity contribution in [1.29, 1.82) is 0 Å². The summed E-state index contributed by atoms with van der Waals surface area (Å²) >= 11 is 1.12.